The van der Waals surface area contributed by atoms with Crippen LogP contribution in [0.2, 0.25) is 0 Å². The van der Waals surface area contributed by atoms with E-state index in [-0.39, 0.29) is 24.1 Å². The molecule has 186 valence electrons. The fourth-order valence-corrected chi connectivity index (χ4v) is 3.91. The predicted octanol–water partition coefficient (Wildman–Crippen LogP) is 5.27. The first-order chi connectivity index (χ1) is 16.0. The first kappa shape index (κ1) is 27.6. The molecule has 0 saturated carbocycles. The Balaban J connectivity index is 2.70. The molecule has 7 heteroatoms. The van der Waals surface area contributed by atoms with Crippen molar-refractivity contribution in [2.45, 2.75) is 78.1 Å². The van der Waals surface area contributed by atoms with E-state index in [0.29, 0.717) is 13.2 Å². The van der Waals surface area contributed by atoms with Crippen molar-refractivity contribution in [3.8, 4) is 11.1 Å². The Bertz CT molecular complexity index is 986. The molecule has 3 N–H and O–H groups in total. The van der Waals surface area contributed by atoms with E-state index in [2.05, 4.69) is 13.8 Å². The van der Waals surface area contributed by atoms with Crippen LogP contribution in [0.4, 0.5) is 4.39 Å². The van der Waals surface area contributed by atoms with E-state index in [1.807, 2.05) is 20.8 Å². The van der Waals surface area contributed by atoms with Crippen molar-refractivity contribution in [1.29, 1.82) is 0 Å². The van der Waals surface area contributed by atoms with Gasteiger partial charge in [-0.25, -0.2) is 4.39 Å². The molecule has 0 aliphatic heterocycles. The molecule has 0 amide bonds. The second kappa shape index (κ2) is 12.7. The number of aliphatic hydroxyl groups excluding tert-OH is 2. The average Bonchev–Trinajstić information content (AvgIpc) is 2.75. The van der Waals surface area contributed by atoms with Crippen molar-refractivity contribution in [3.63, 3.8) is 0 Å². The van der Waals surface area contributed by atoms with Crippen LogP contribution in [-0.4, -0.2) is 45.1 Å². The van der Waals surface area contributed by atoms with Gasteiger partial charge in [-0.2, -0.15) is 0 Å². The van der Waals surface area contributed by atoms with Crippen LogP contribution in [0.3, 0.4) is 0 Å². The molecule has 0 bridgehead atoms. The molecule has 1 heterocycles. The van der Waals surface area contributed by atoms with Crippen LogP contribution in [0.25, 0.3) is 17.2 Å². The number of halogens is 1. The first-order valence-corrected chi connectivity index (χ1v) is 11.7. The number of ether oxygens (including phenoxy) is 1. The Labute approximate surface area is 201 Å². The average molecular weight is 474 g/mol. The van der Waals surface area contributed by atoms with Crippen LogP contribution < -0.4 is 0 Å². The van der Waals surface area contributed by atoms with E-state index in [1.165, 1.54) is 12.1 Å². The van der Waals surface area contributed by atoms with E-state index in [1.54, 1.807) is 24.3 Å². The van der Waals surface area contributed by atoms with E-state index >= 15 is 0 Å². The van der Waals surface area contributed by atoms with Crippen LogP contribution in [0.15, 0.2) is 30.3 Å². The summed E-state index contributed by atoms with van der Waals surface area (Å²) in [6, 6.07) is 6.27. The van der Waals surface area contributed by atoms with Gasteiger partial charge in [0.2, 0.25) is 0 Å². The molecule has 1 aromatic heterocycles. The second-order valence-electron chi connectivity index (χ2n) is 9.02. The van der Waals surface area contributed by atoms with E-state index in [4.69, 9.17) is 14.8 Å². The van der Waals surface area contributed by atoms with E-state index in [0.717, 1.165) is 33.6 Å². The Morgan fingerprint density at radius 2 is 1.71 bits per heavy atom. The molecule has 0 radical (unpaired) electrons. The third-order valence-electron chi connectivity index (χ3n) is 5.48. The minimum atomic E-state index is -1.16. The summed E-state index contributed by atoms with van der Waals surface area (Å²) in [5.74, 6) is -1.27. The Morgan fingerprint density at radius 3 is 2.24 bits per heavy atom. The molecule has 0 unspecified atom stereocenters. The number of hydrogen-bond acceptors (Lipinski definition) is 5. The summed E-state index contributed by atoms with van der Waals surface area (Å²) >= 11 is 0. The predicted molar refractivity (Wildman–Crippen MR) is 131 cm³/mol. The summed E-state index contributed by atoms with van der Waals surface area (Å²) in [5, 5.41) is 29.2. The maximum absolute atomic E-state index is 13.7. The minimum absolute atomic E-state index is 0.0623. The van der Waals surface area contributed by atoms with Crippen molar-refractivity contribution in [1.82, 2.24) is 4.98 Å². The summed E-state index contributed by atoms with van der Waals surface area (Å²) in [7, 11) is 0. The fraction of sp³-hybridized carbons (Fsp3) is 0.481. The number of aliphatic hydroxyl groups is 2. The zero-order chi connectivity index (χ0) is 25.4. The maximum Gasteiger partial charge on any atom is 0.305 e. The highest BCUT2D eigenvalue weighted by atomic mass is 19.1. The normalized spacial score (nSPS) is 13.7. The number of carboxylic acids is 1. The number of carbonyl (C=O) groups is 1. The van der Waals surface area contributed by atoms with Crippen molar-refractivity contribution < 1.29 is 29.2 Å². The summed E-state index contributed by atoms with van der Waals surface area (Å²) in [5.41, 5.74) is 5.11. The molecule has 0 spiro atoms. The highest BCUT2D eigenvalue weighted by Gasteiger charge is 2.23. The van der Waals surface area contributed by atoms with Gasteiger partial charge in [0.25, 0.3) is 0 Å². The number of aliphatic carboxylic acids is 1. The molecule has 2 aromatic rings. The number of pyridine rings is 1. The van der Waals surface area contributed by atoms with Crippen LogP contribution >= 0.6 is 0 Å². The molecule has 2 rings (SSSR count). The smallest absolute Gasteiger partial charge is 0.305 e. The lowest BCUT2D eigenvalue weighted by Crippen LogP contribution is -2.19. The number of aromatic nitrogens is 1. The number of benzene rings is 1. The Hall–Kier alpha value is -2.61. The summed E-state index contributed by atoms with van der Waals surface area (Å²) in [6.07, 6.45) is 0.559. The third kappa shape index (κ3) is 7.45. The molecule has 0 aliphatic carbocycles. The molecule has 0 aliphatic rings. The van der Waals surface area contributed by atoms with Gasteiger partial charge in [-0.3, -0.25) is 9.78 Å². The lowest BCUT2D eigenvalue weighted by atomic mass is 9.87. The topological polar surface area (TPSA) is 99.9 Å². The lowest BCUT2D eigenvalue weighted by Gasteiger charge is -2.24. The number of rotatable bonds is 12. The number of hydrogen-bond donors (Lipinski definition) is 3. The quantitative estimate of drug-likeness (QED) is 0.388. The zero-order valence-electron chi connectivity index (χ0n) is 20.6. The van der Waals surface area contributed by atoms with E-state index < -0.39 is 24.6 Å². The van der Waals surface area contributed by atoms with Crippen molar-refractivity contribution in [2.24, 2.45) is 0 Å². The van der Waals surface area contributed by atoms with Crippen LogP contribution in [0, 0.1) is 5.82 Å². The van der Waals surface area contributed by atoms with Crippen LogP contribution in [0.5, 0.6) is 0 Å². The fourth-order valence-electron chi connectivity index (χ4n) is 3.91. The van der Waals surface area contributed by atoms with Crippen LogP contribution in [0.1, 0.15) is 81.8 Å². The largest absolute Gasteiger partial charge is 0.481 e. The van der Waals surface area contributed by atoms with Gasteiger partial charge in [-0.15, -0.1) is 0 Å². The monoisotopic (exact) mass is 473 g/mol. The Kier molecular flexibility index (Phi) is 10.4. The zero-order valence-corrected chi connectivity index (χ0v) is 20.6. The lowest BCUT2D eigenvalue weighted by molar-refractivity contribution is -0.139. The van der Waals surface area contributed by atoms with Gasteiger partial charge >= 0.3 is 5.97 Å². The van der Waals surface area contributed by atoms with E-state index in [9.17, 15) is 19.4 Å². The first-order valence-electron chi connectivity index (χ1n) is 11.7. The molecular weight excluding hydrogens is 437 g/mol. The molecule has 34 heavy (non-hydrogen) atoms. The van der Waals surface area contributed by atoms with Crippen molar-refractivity contribution in [3.05, 3.63) is 58.7 Å². The number of nitrogens with zero attached hydrogens (tertiary/aromatic N) is 1. The van der Waals surface area contributed by atoms with Crippen molar-refractivity contribution >= 4 is 12.0 Å². The number of carboxylic acid groups (broad SMARTS) is 1. The molecule has 2 atom stereocenters. The minimum Gasteiger partial charge on any atom is -0.481 e. The maximum atomic E-state index is 13.7. The molecule has 0 fully saturated rings. The van der Waals surface area contributed by atoms with Gasteiger partial charge < -0.3 is 20.1 Å². The van der Waals surface area contributed by atoms with Gasteiger partial charge in [-0.05, 0) is 42.0 Å². The third-order valence-corrected chi connectivity index (χ3v) is 5.48. The van der Waals surface area contributed by atoms with Gasteiger partial charge in [0.15, 0.2) is 0 Å². The van der Waals surface area contributed by atoms with Gasteiger partial charge in [0.05, 0.1) is 30.9 Å². The molecule has 0 saturated heterocycles. The summed E-state index contributed by atoms with van der Waals surface area (Å²) in [4.78, 5) is 15.8. The van der Waals surface area contributed by atoms with Gasteiger partial charge in [-0.1, -0.05) is 52.0 Å². The van der Waals surface area contributed by atoms with Gasteiger partial charge in [0.1, 0.15) is 5.82 Å². The van der Waals surface area contributed by atoms with Crippen molar-refractivity contribution in [2.75, 3.05) is 6.61 Å². The summed E-state index contributed by atoms with van der Waals surface area (Å²) < 4.78 is 19.5. The molecule has 1 aromatic carbocycles. The van der Waals surface area contributed by atoms with Crippen LogP contribution in [-0.2, 0) is 16.1 Å². The highest BCUT2D eigenvalue weighted by Crippen LogP contribution is 2.38. The molecule has 6 nitrogen and oxygen atoms in total. The second-order valence-corrected chi connectivity index (χ2v) is 9.02. The molecular formula is C27H36FNO5. The summed E-state index contributed by atoms with van der Waals surface area (Å²) in [6.45, 7) is 11.0. The SMILES string of the molecule is CCOCc1c(C(C)C)nc(C(C)C)c(/C=C/[C@@H](O)C[C@@H](O)CC(=O)O)c1-c1ccc(F)cc1. The standard InChI is InChI=1S/C27H36FNO5/c1-6-34-15-23-25(18-7-9-19(28)10-8-18)22(26(16(2)3)29-27(23)17(4)5)12-11-20(30)13-21(31)14-24(32)33/h7-12,16-17,20-21,30-31H,6,13-15H2,1-5H3,(H,32,33)/b12-11+/t20-,21-/m1/s1. The van der Waals surface area contributed by atoms with Gasteiger partial charge in [0, 0.05) is 29.8 Å². The Morgan fingerprint density at radius 1 is 1.09 bits per heavy atom. The highest BCUT2D eigenvalue weighted by molar-refractivity contribution is 5.80.